The van der Waals surface area contributed by atoms with Crippen LogP contribution in [0.1, 0.15) is 10.4 Å². The largest absolute Gasteiger partial charge is 0.495 e. The number of esters is 1. The van der Waals surface area contributed by atoms with Gasteiger partial charge in [-0.25, -0.2) is 13.2 Å². The quantitative estimate of drug-likeness (QED) is 0.337. The zero-order valence-electron chi connectivity index (χ0n) is 17.5. The van der Waals surface area contributed by atoms with Crippen molar-refractivity contribution in [1.82, 2.24) is 0 Å². The summed E-state index contributed by atoms with van der Waals surface area (Å²) in [5.74, 6) is 0.463. The Bertz CT molecular complexity index is 1160. The van der Waals surface area contributed by atoms with Crippen LogP contribution in [-0.4, -0.2) is 41.8 Å². The van der Waals surface area contributed by atoms with E-state index in [-0.39, 0.29) is 23.7 Å². The molecule has 0 bridgehead atoms. The second-order valence-electron chi connectivity index (χ2n) is 6.61. The van der Waals surface area contributed by atoms with Crippen molar-refractivity contribution >= 4 is 33.3 Å². The van der Waals surface area contributed by atoms with Gasteiger partial charge in [0, 0.05) is 12.1 Å². The van der Waals surface area contributed by atoms with Gasteiger partial charge in [-0.05, 0) is 60.7 Å². The fraction of sp³-hybridized carbons (Fsp3) is 0.174. The van der Waals surface area contributed by atoms with E-state index < -0.39 is 16.0 Å². The molecule has 0 aliphatic carbocycles. The Balaban J connectivity index is 1.60. The molecule has 0 N–H and O–H groups in total. The van der Waals surface area contributed by atoms with E-state index in [1.54, 1.807) is 48.5 Å². The lowest BCUT2D eigenvalue weighted by molar-refractivity contribution is 0.0450. The summed E-state index contributed by atoms with van der Waals surface area (Å²) >= 11 is 5.81. The van der Waals surface area contributed by atoms with E-state index in [4.69, 9.17) is 25.8 Å². The average molecular weight is 476 g/mol. The molecule has 0 radical (unpaired) electrons. The van der Waals surface area contributed by atoms with Crippen LogP contribution in [-0.2, 0) is 14.8 Å². The van der Waals surface area contributed by atoms with Crippen LogP contribution in [0.2, 0.25) is 5.02 Å². The molecule has 0 fully saturated rings. The van der Waals surface area contributed by atoms with Crippen molar-refractivity contribution in [2.45, 2.75) is 4.90 Å². The van der Waals surface area contributed by atoms with Gasteiger partial charge in [-0.3, -0.25) is 4.31 Å². The molecule has 9 heteroatoms. The lowest BCUT2D eigenvalue weighted by Crippen LogP contribution is -2.27. The Morgan fingerprint density at radius 2 is 1.59 bits per heavy atom. The van der Waals surface area contributed by atoms with Gasteiger partial charge in [0.15, 0.2) is 0 Å². The van der Waals surface area contributed by atoms with Gasteiger partial charge in [0.05, 0.1) is 23.3 Å². The zero-order chi connectivity index (χ0) is 23.1. The number of ether oxygens (including phenoxy) is 3. The van der Waals surface area contributed by atoms with Crippen LogP contribution in [0.4, 0.5) is 5.69 Å². The van der Waals surface area contributed by atoms with Gasteiger partial charge in [0.2, 0.25) is 0 Å². The lowest BCUT2D eigenvalue weighted by atomic mass is 10.2. The molecule has 0 amide bonds. The molecule has 32 heavy (non-hydrogen) atoms. The Kier molecular flexibility index (Phi) is 7.61. The molecule has 0 aliphatic heterocycles. The molecule has 168 valence electrons. The normalized spacial score (nSPS) is 11.0. The highest BCUT2D eigenvalue weighted by Crippen LogP contribution is 2.30. The number of sulfonamides is 1. The van der Waals surface area contributed by atoms with E-state index in [0.717, 1.165) is 4.31 Å². The maximum atomic E-state index is 13.0. The smallest absolute Gasteiger partial charge is 0.338 e. The second-order valence-corrected chi connectivity index (χ2v) is 9.01. The van der Waals surface area contributed by atoms with Gasteiger partial charge < -0.3 is 14.2 Å². The van der Waals surface area contributed by atoms with Gasteiger partial charge >= 0.3 is 5.97 Å². The Labute approximate surface area is 192 Å². The van der Waals surface area contributed by atoms with Gasteiger partial charge in [0.25, 0.3) is 10.0 Å². The number of halogens is 1. The summed E-state index contributed by atoms with van der Waals surface area (Å²) < 4.78 is 43.0. The molecule has 0 saturated heterocycles. The number of benzene rings is 3. The first-order valence-electron chi connectivity index (χ1n) is 9.60. The first-order valence-corrected chi connectivity index (χ1v) is 11.4. The number of hydrogen-bond acceptors (Lipinski definition) is 6. The van der Waals surface area contributed by atoms with Gasteiger partial charge in [-0.1, -0.05) is 23.7 Å². The van der Waals surface area contributed by atoms with Crippen molar-refractivity contribution in [2.75, 3.05) is 31.7 Å². The van der Waals surface area contributed by atoms with Crippen LogP contribution in [0.15, 0.2) is 77.7 Å². The minimum Gasteiger partial charge on any atom is -0.495 e. The van der Waals surface area contributed by atoms with E-state index >= 15 is 0 Å². The van der Waals surface area contributed by atoms with Crippen LogP contribution >= 0.6 is 11.6 Å². The maximum Gasteiger partial charge on any atom is 0.338 e. The summed E-state index contributed by atoms with van der Waals surface area (Å²) in [6.07, 6.45) is 0. The molecular formula is C23H22ClNO6S. The van der Waals surface area contributed by atoms with E-state index in [0.29, 0.717) is 22.2 Å². The van der Waals surface area contributed by atoms with Crippen LogP contribution in [0.25, 0.3) is 0 Å². The van der Waals surface area contributed by atoms with Crippen molar-refractivity contribution in [3.8, 4) is 11.5 Å². The molecule has 3 aromatic rings. The summed E-state index contributed by atoms with van der Waals surface area (Å²) in [5, 5.41) is 0.600. The van der Waals surface area contributed by atoms with Gasteiger partial charge in [-0.15, -0.1) is 0 Å². The van der Waals surface area contributed by atoms with Crippen molar-refractivity contribution in [2.24, 2.45) is 0 Å². The number of hydrogen-bond donors (Lipinski definition) is 0. The summed E-state index contributed by atoms with van der Waals surface area (Å²) in [6.45, 7) is 0.210. The third-order valence-electron chi connectivity index (χ3n) is 4.57. The van der Waals surface area contributed by atoms with Crippen LogP contribution < -0.4 is 13.8 Å². The number of para-hydroxylation sites is 2. The number of nitrogens with zero attached hydrogens (tertiary/aromatic N) is 1. The Morgan fingerprint density at radius 1 is 0.938 bits per heavy atom. The minimum absolute atomic E-state index is 0.0357. The van der Waals surface area contributed by atoms with Crippen molar-refractivity contribution in [3.63, 3.8) is 0 Å². The summed E-state index contributed by atoms with van der Waals surface area (Å²) in [7, 11) is -0.937. The minimum atomic E-state index is -3.85. The third-order valence-corrected chi connectivity index (χ3v) is 6.61. The summed E-state index contributed by atoms with van der Waals surface area (Å²) in [4.78, 5) is 12.3. The second kappa shape index (κ2) is 10.4. The number of carbonyl (C=O) groups excluding carboxylic acids is 1. The summed E-state index contributed by atoms with van der Waals surface area (Å²) in [6, 6.07) is 19.2. The van der Waals surface area contributed by atoms with E-state index in [2.05, 4.69) is 0 Å². The molecule has 0 aliphatic rings. The first kappa shape index (κ1) is 23.4. The van der Waals surface area contributed by atoms with Gasteiger partial charge in [0.1, 0.15) is 24.7 Å². The lowest BCUT2D eigenvalue weighted by Gasteiger charge is -2.21. The molecule has 0 atom stereocenters. The highest BCUT2D eigenvalue weighted by molar-refractivity contribution is 7.92. The van der Waals surface area contributed by atoms with Crippen molar-refractivity contribution in [1.29, 1.82) is 0 Å². The number of carbonyl (C=O) groups is 1. The van der Waals surface area contributed by atoms with Crippen LogP contribution in [0.3, 0.4) is 0 Å². The average Bonchev–Trinajstić information content (AvgIpc) is 2.82. The van der Waals surface area contributed by atoms with Crippen LogP contribution in [0, 0.1) is 0 Å². The molecular weight excluding hydrogens is 454 g/mol. The SMILES string of the molecule is COc1ccccc1N(C)S(=O)(=O)c1ccc(C(=O)OCCOc2ccc(Cl)cc2)cc1. The fourth-order valence-corrected chi connectivity index (χ4v) is 4.18. The molecule has 3 rings (SSSR count). The molecule has 0 saturated carbocycles. The van der Waals surface area contributed by atoms with Gasteiger partial charge in [-0.2, -0.15) is 0 Å². The third kappa shape index (κ3) is 5.52. The monoisotopic (exact) mass is 475 g/mol. The predicted octanol–water partition coefficient (Wildman–Crippen LogP) is 4.41. The highest BCUT2D eigenvalue weighted by Gasteiger charge is 2.24. The maximum absolute atomic E-state index is 13.0. The van der Waals surface area contributed by atoms with E-state index in [1.165, 1.54) is 38.4 Å². The Hall–Kier alpha value is -3.23. The topological polar surface area (TPSA) is 82.1 Å². The Morgan fingerprint density at radius 3 is 2.25 bits per heavy atom. The molecule has 0 unspecified atom stereocenters. The fourth-order valence-electron chi connectivity index (χ4n) is 2.85. The first-order chi connectivity index (χ1) is 15.3. The number of rotatable bonds is 9. The molecule has 0 heterocycles. The highest BCUT2D eigenvalue weighted by atomic mass is 35.5. The van der Waals surface area contributed by atoms with Crippen molar-refractivity contribution in [3.05, 3.63) is 83.4 Å². The van der Waals surface area contributed by atoms with Crippen molar-refractivity contribution < 1.29 is 27.4 Å². The molecule has 0 spiro atoms. The summed E-state index contributed by atoms with van der Waals surface area (Å²) in [5.41, 5.74) is 0.634. The number of methoxy groups -OCH3 is 1. The molecule has 7 nitrogen and oxygen atoms in total. The van der Waals surface area contributed by atoms with Crippen LogP contribution in [0.5, 0.6) is 11.5 Å². The molecule has 0 aromatic heterocycles. The molecule has 3 aromatic carbocycles. The van der Waals surface area contributed by atoms with E-state index in [9.17, 15) is 13.2 Å². The standard InChI is InChI=1S/C23H22ClNO6S/c1-25(21-5-3-4-6-22(21)29-2)32(27,28)20-13-7-17(8-14-20)23(26)31-16-15-30-19-11-9-18(24)10-12-19/h3-14H,15-16H2,1-2H3. The van der Waals surface area contributed by atoms with E-state index in [1.807, 2.05) is 0 Å². The predicted molar refractivity (Wildman–Crippen MR) is 122 cm³/mol. The zero-order valence-corrected chi connectivity index (χ0v) is 19.1. The number of anilines is 1.